The fourth-order valence-electron chi connectivity index (χ4n) is 1.87. The molecule has 1 aliphatic rings. The molecule has 1 aromatic carbocycles. The van der Waals surface area contributed by atoms with E-state index in [1.54, 1.807) is 36.4 Å². The minimum absolute atomic E-state index is 0.0972. The van der Waals surface area contributed by atoms with E-state index in [0.29, 0.717) is 16.7 Å². The monoisotopic (exact) mass is 221 g/mol. The molecular formula is C13H7N3O. The molecule has 1 aromatic rings. The Hall–Kier alpha value is -2.85. The van der Waals surface area contributed by atoms with Gasteiger partial charge in [0.1, 0.15) is 17.7 Å². The van der Waals surface area contributed by atoms with Crippen LogP contribution >= 0.6 is 0 Å². The van der Waals surface area contributed by atoms with E-state index in [0.717, 1.165) is 6.20 Å². The van der Waals surface area contributed by atoms with Crippen molar-refractivity contribution in [3.63, 3.8) is 0 Å². The number of carbonyl (C=O) groups is 1. The summed E-state index contributed by atoms with van der Waals surface area (Å²) in [5, 5.41) is 17.8. The van der Waals surface area contributed by atoms with Gasteiger partial charge in [-0.05, 0) is 5.56 Å². The van der Waals surface area contributed by atoms with Crippen LogP contribution in [-0.2, 0) is 0 Å². The van der Waals surface area contributed by atoms with Gasteiger partial charge in [0.15, 0.2) is 5.78 Å². The van der Waals surface area contributed by atoms with Crippen LogP contribution in [0.3, 0.4) is 0 Å². The number of fused-ring (bicyclic) bond motifs is 1. The number of nitriles is 2. The highest BCUT2D eigenvalue weighted by Gasteiger charge is 2.31. The second-order valence-corrected chi connectivity index (χ2v) is 3.43. The number of carbonyl (C=O) groups excluding carboxylic acids is 1. The lowest BCUT2D eigenvalue weighted by Crippen LogP contribution is -1.98. The predicted molar refractivity (Wildman–Crippen MR) is 61.2 cm³/mol. The number of ketones is 1. The molecule has 0 saturated carbocycles. The van der Waals surface area contributed by atoms with Gasteiger partial charge in [-0.1, -0.05) is 24.3 Å². The molecule has 0 bridgehead atoms. The molecule has 0 spiro atoms. The summed E-state index contributed by atoms with van der Waals surface area (Å²) in [6.07, 6.45) is 1.15. The second-order valence-electron chi connectivity index (χ2n) is 3.43. The van der Waals surface area contributed by atoms with Crippen LogP contribution in [0.15, 0.2) is 41.6 Å². The first kappa shape index (κ1) is 10.7. The molecule has 0 saturated heterocycles. The zero-order valence-electron chi connectivity index (χ0n) is 8.77. The van der Waals surface area contributed by atoms with Gasteiger partial charge in [-0.3, -0.25) is 4.79 Å². The summed E-state index contributed by atoms with van der Waals surface area (Å²) in [5.74, 6) is -0.249. The normalized spacial score (nSPS) is 15.3. The number of allylic oxidation sites excluding steroid dienone is 3. The molecule has 0 aliphatic heterocycles. The fraction of sp³-hybridized carbons (Fsp3) is 0. The summed E-state index contributed by atoms with van der Waals surface area (Å²) < 4.78 is 0. The zero-order valence-corrected chi connectivity index (χ0v) is 8.77. The molecule has 0 radical (unpaired) electrons. The van der Waals surface area contributed by atoms with Gasteiger partial charge in [0.2, 0.25) is 0 Å². The van der Waals surface area contributed by atoms with Gasteiger partial charge in [-0.25, -0.2) is 0 Å². The summed E-state index contributed by atoms with van der Waals surface area (Å²) >= 11 is 0. The lowest BCUT2D eigenvalue weighted by molar-refractivity contribution is 0.104. The molecular weight excluding hydrogens is 214 g/mol. The smallest absolute Gasteiger partial charge is 0.195 e. The molecule has 1 aliphatic carbocycles. The first-order chi connectivity index (χ1) is 8.24. The van der Waals surface area contributed by atoms with Crippen molar-refractivity contribution in [3.8, 4) is 12.1 Å². The maximum absolute atomic E-state index is 12.0. The van der Waals surface area contributed by atoms with Crippen molar-refractivity contribution in [1.82, 2.24) is 0 Å². The molecule has 0 aromatic heterocycles. The lowest BCUT2D eigenvalue weighted by atomic mass is 10.0. The summed E-state index contributed by atoms with van der Waals surface area (Å²) in [7, 11) is 0. The van der Waals surface area contributed by atoms with Gasteiger partial charge >= 0.3 is 0 Å². The number of benzene rings is 1. The Morgan fingerprint density at radius 1 is 1.18 bits per heavy atom. The number of hydrogen-bond donors (Lipinski definition) is 1. The Bertz CT molecular complexity index is 638. The van der Waals surface area contributed by atoms with Crippen LogP contribution < -0.4 is 5.73 Å². The SMILES string of the molecule is N#CC(C#N)=C1/C(=C\N)C(=O)c2ccccc21. The topological polar surface area (TPSA) is 90.7 Å². The van der Waals surface area contributed by atoms with Crippen LogP contribution in [-0.4, -0.2) is 5.78 Å². The second kappa shape index (κ2) is 3.96. The maximum Gasteiger partial charge on any atom is 0.195 e. The average Bonchev–Trinajstić information content (AvgIpc) is 2.65. The van der Waals surface area contributed by atoms with Crippen LogP contribution in [0.1, 0.15) is 15.9 Å². The van der Waals surface area contributed by atoms with Crippen molar-refractivity contribution in [1.29, 1.82) is 10.5 Å². The van der Waals surface area contributed by atoms with Crippen LogP contribution in [0.25, 0.3) is 5.57 Å². The number of rotatable bonds is 0. The van der Waals surface area contributed by atoms with Gasteiger partial charge in [-0.2, -0.15) is 10.5 Å². The molecule has 4 heteroatoms. The van der Waals surface area contributed by atoms with Crippen LogP contribution in [0, 0.1) is 22.7 Å². The molecule has 4 nitrogen and oxygen atoms in total. The molecule has 0 atom stereocenters. The van der Waals surface area contributed by atoms with Crippen LogP contribution in [0.2, 0.25) is 0 Å². The lowest BCUT2D eigenvalue weighted by Gasteiger charge is -1.99. The van der Waals surface area contributed by atoms with Crippen molar-refractivity contribution in [2.75, 3.05) is 0 Å². The minimum Gasteiger partial charge on any atom is -0.404 e. The van der Waals surface area contributed by atoms with E-state index in [1.807, 2.05) is 0 Å². The van der Waals surface area contributed by atoms with Crippen molar-refractivity contribution < 1.29 is 4.79 Å². The summed E-state index contributed by atoms with van der Waals surface area (Å²) in [6, 6.07) is 10.4. The molecule has 0 fully saturated rings. The van der Waals surface area contributed by atoms with Gasteiger partial charge in [0.05, 0.1) is 0 Å². The van der Waals surface area contributed by atoms with Crippen LogP contribution in [0.4, 0.5) is 0 Å². The van der Waals surface area contributed by atoms with Gasteiger partial charge in [-0.15, -0.1) is 0 Å². The Kier molecular flexibility index (Phi) is 2.48. The molecule has 17 heavy (non-hydrogen) atoms. The van der Waals surface area contributed by atoms with Gasteiger partial charge in [0, 0.05) is 22.9 Å². The molecule has 80 valence electrons. The average molecular weight is 221 g/mol. The predicted octanol–water partition coefficient (Wildman–Crippen LogP) is 1.53. The van der Waals surface area contributed by atoms with Crippen molar-refractivity contribution in [2.24, 2.45) is 5.73 Å². The minimum atomic E-state index is -0.249. The summed E-state index contributed by atoms with van der Waals surface area (Å²) in [6.45, 7) is 0. The highest BCUT2D eigenvalue weighted by Crippen LogP contribution is 2.37. The third-order valence-corrected chi connectivity index (χ3v) is 2.60. The Morgan fingerprint density at radius 3 is 2.29 bits per heavy atom. The van der Waals surface area contributed by atoms with Crippen molar-refractivity contribution >= 4 is 11.4 Å². The zero-order chi connectivity index (χ0) is 12.4. The fourth-order valence-corrected chi connectivity index (χ4v) is 1.87. The highest BCUT2D eigenvalue weighted by molar-refractivity contribution is 6.27. The standard InChI is InChI=1S/C13H7N3O/c14-5-8(6-15)12-9-3-1-2-4-10(9)13(17)11(12)7-16/h1-4,7H,16H2/b11-7+. The van der Waals surface area contributed by atoms with E-state index in [-0.39, 0.29) is 16.9 Å². The highest BCUT2D eigenvalue weighted by atomic mass is 16.1. The van der Waals surface area contributed by atoms with Crippen LogP contribution in [0.5, 0.6) is 0 Å². The van der Waals surface area contributed by atoms with Gasteiger partial charge < -0.3 is 5.73 Å². The Balaban J connectivity index is 2.87. The van der Waals surface area contributed by atoms with E-state index in [4.69, 9.17) is 16.3 Å². The number of nitrogens with two attached hydrogens (primary N) is 1. The quantitative estimate of drug-likeness (QED) is 0.531. The molecule has 0 amide bonds. The van der Waals surface area contributed by atoms with E-state index < -0.39 is 0 Å². The largest absolute Gasteiger partial charge is 0.404 e. The first-order valence-corrected chi connectivity index (χ1v) is 4.85. The van der Waals surface area contributed by atoms with Crippen molar-refractivity contribution in [2.45, 2.75) is 0 Å². The summed E-state index contributed by atoms with van der Waals surface area (Å²) in [4.78, 5) is 12.0. The molecule has 2 rings (SSSR count). The Labute approximate surface area is 97.9 Å². The van der Waals surface area contributed by atoms with Gasteiger partial charge in [0.25, 0.3) is 0 Å². The number of hydrogen-bond acceptors (Lipinski definition) is 4. The molecule has 2 N–H and O–H groups in total. The van der Waals surface area contributed by atoms with E-state index in [2.05, 4.69) is 0 Å². The van der Waals surface area contributed by atoms with E-state index in [1.165, 1.54) is 0 Å². The number of nitrogens with zero attached hydrogens (tertiary/aromatic N) is 2. The Morgan fingerprint density at radius 2 is 1.76 bits per heavy atom. The summed E-state index contributed by atoms with van der Waals surface area (Å²) in [5.41, 5.74) is 6.92. The first-order valence-electron chi connectivity index (χ1n) is 4.85. The van der Waals surface area contributed by atoms with E-state index in [9.17, 15) is 4.79 Å². The maximum atomic E-state index is 12.0. The molecule has 0 heterocycles. The van der Waals surface area contributed by atoms with Crippen molar-refractivity contribution in [3.05, 3.63) is 52.7 Å². The van der Waals surface area contributed by atoms with E-state index >= 15 is 0 Å². The number of Topliss-reactive ketones (excluding diaryl/α,β-unsaturated/α-hetero) is 1. The molecule has 0 unspecified atom stereocenters. The third-order valence-electron chi connectivity index (χ3n) is 2.60. The third kappa shape index (κ3) is 1.40.